The van der Waals surface area contributed by atoms with Gasteiger partial charge in [-0.3, -0.25) is 4.79 Å². The molecule has 1 fully saturated rings. The fraction of sp³-hybridized carbons (Fsp3) is 0.556. The van der Waals surface area contributed by atoms with Gasteiger partial charge in [-0.2, -0.15) is 0 Å². The van der Waals surface area contributed by atoms with Crippen LogP contribution in [0.1, 0.15) is 13.8 Å². The summed E-state index contributed by atoms with van der Waals surface area (Å²) in [5.74, 6) is 0.963. The highest BCUT2D eigenvalue weighted by atomic mass is 35.5. The van der Waals surface area contributed by atoms with Crippen molar-refractivity contribution in [3.8, 4) is 5.75 Å². The minimum atomic E-state index is -0.141. The van der Waals surface area contributed by atoms with Crippen molar-refractivity contribution in [3.63, 3.8) is 0 Å². The van der Waals surface area contributed by atoms with Gasteiger partial charge in [0.15, 0.2) is 6.61 Å². The molecule has 1 aromatic rings. The van der Waals surface area contributed by atoms with Gasteiger partial charge in [0.1, 0.15) is 5.75 Å². The Labute approximate surface area is 154 Å². The number of carbonyl (C=O) groups is 2. The quantitative estimate of drug-likeness (QED) is 0.869. The topological polar surface area (TPSA) is 61.9 Å². The van der Waals surface area contributed by atoms with Crippen LogP contribution in [-0.2, 0) is 4.79 Å². The molecule has 0 bridgehead atoms. The SMILES string of the molecule is CC(C)[C@@H]1CN(C(=O)COc2ccccc2Cl)C[C@H]1NC(=O)N(C)C. The lowest BCUT2D eigenvalue weighted by Gasteiger charge is -2.24. The van der Waals surface area contributed by atoms with Gasteiger partial charge in [0.05, 0.1) is 11.1 Å². The Morgan fingerprint density at radius 1 is 1.32 bits per heavy atom. The maximum Gasteiger partial charge on any atom is 0.317 e. The summed E-state index contributed by atoms with van der Waals surface area (Å²) in [4.78, 5) is 27.7. The summed E-state index contributed by atoms with van der Waals surface area (Å²) in [6.45, 7) is 5.25. The third kappa shape index (κ3) is 5.01. The van der Waals surface area contributed by atoms with Crippen LogP contribution in [0.15, 0.2) is 24.3 Å². The van der Waals surface area contributed by atoms with E-state index in [1.165, 1.54) is 4.90 Å². The molecule has 2 atom stereocenters. The first-order valence-electron chi connectivity index (χ1n) is 8.42. The Balaban J connectivity index is 1.96. The number of likely N-dealkylation sites (tertiary alicyclic amines) is 1. The average molecular weight is 368 g/mol. The summed E-state index contributed by atoms with van der Waals surface area (Å²) in [5.41, 5.74) is 0. The molecule has 138 valence electrons. The van der Waals surface area contributed by atoms with Crippen LogP contribution in [0.25, 0.3) is 0 Å². The summed E-state index contributed by atoms with van der Waals surface area (Å²) < 4.78 is 5.54. The molecular weight excluding hydrogens is 342 g/mol. The van der Waals surface area contributed by atoms with Gasteiger partial charge in [0.25, 0.3) is 5.91 Å². The standard InChI is InChI=1S/C18H26ClN3O3/c1-12(2)13-9-22(10-15(13)20-18(24)21(3)4)17(23)11-25-16-8-6-5-7-14(16)19/h5-8,12-13,15H,9-11H2,1-4H3,(H,20,24)/t13-,15+/m0/s1. The van der Waals surface area contributed by atoms with E-state index in [4.69, 9.17) is 16.3 Å². The van der Waals surface area contributed by atoms with Crippen LogP contribution in [0.2, 0.25) is 5.02 Å². The molecule has 0 radical (unpaired) electrons. The maximum atomic E-state index is 12.5. The van der Waals surface area contributed by atoms with Gasteiger partial charge in [-0.15, -0.1) is 0 Å². The zero-order valence-corrected chi connectivity index (χ0v) is 15.9. The second kappa shape index (κ2) is 8.43. The molecule has 2 rings (SSSR count). The van der Waals surface area contributed by atoms with Gasteiger partial charge >= 0.3 is 6.03 Å². The molecule has 0 saturated carbocycles. The fourth-order valence-electron chi connectivity index (χ4n) is 2.94. The molecule has 0 unspecified atom stereocenters. The maximum absolute atomic E-state index is 12.5. The van der Waals surface area contributed by atoms with Gasteiger partial charge in [-0.05, 0) is 18.1 Å². The average Bonchev–Trinajstić information content (AvgIpc) is 2.98. The third-order valence-corrected chi connectivity index (χ3v) is 4.79. The van der Waals surface area contributed by atoms with Crippen molar-refractivity contribution in [3.05, 3.63) is 29.3 Å². The van der Waals surface area contributed by atoms with Crippen LogP contribution in [0, 0.1) is 11.8 Å². The molecule has 7 heteroatoms. The number of rotatable bonds is 5. The molecule has 1 aliphatic rings. The van der Waals surface area contributed by atoms with Crippen LogP contribution in [0.4, 0.5) is 4.79 Å². The first-order chi connectivity index (χ1) is 11.8. The molecule has 1 saturated heterocycles. The van der Waals surface area contributed by atoms with E-state index in [0.29, 0.717) is 29.8 Å². The van der Waals surface area contributed by atoms with Crippen molar-refractivity contribution >= 4 is 23.5 Å². The van der Waals surface area contributed by atoms with Crippen molar-refractivity contribution in [1.82, 2.24) is 15.1 Å². The highest BCUT2D eigenvalue weighted by molar-refractivity contribution is 6.32. The minimum absolute atomic E-state index is 0.0563. The van der Waals surface area contributed by atoms with Gasteiger partial charge in [-0.1, -0.05) is 37.6 Å². The largest absolute Gasteiger partial charge is 0.482 e. The number of para-hydroxylation sites is 1. The Morgan fingerprint density at radius 3 is 2.60 bits per heavy atom. The summed E-state index contributed by atoms with van der Waals surface area (Å²) in [7, 11) is 3.41. The van der Waals surface area contributed by atoms with E-state index in [-0.39, 0.29) is 30.5 Å². The first-order valence-corrected chi connectivity index (χ1v) is 8.80. The molecular formula is C18H26ClN3O3. The predicted molar refractivity (Wildman–Crippen MR) is 97.9 cm³/mol. The van der Waals surface area contributed by atoms with Crippen molar-refractivity contribution < 1.29 is 14.3 Å². The van der Waals surface area contributed by atoms with Crippen molar-refractivity contribution in [1.29, 1.82) is 0 Å². The number of urea groups is 1. The Bertz CT molecular complexity index is 621. The smallest absolute Gasteiger partial charge is 0.317 e. The van der Waals surface area contributed by atoms with Gasteiger partial charge < -0.3 is 19.9 Å². The van der Waals surface area contributed by atoms with E-state index in [1.54, 1.807) is 31.1 Å². The zero-order chi connectivity index (χ0) is 18.6. The van der Waals surface area contributed by atoms with Crippen LogP contribution in [0.5, 0.6) is 5.75 Å². The second-order valence-electron chi connectivity index (χ2n) is 6.88. The molecule has 0 aliphatic carbocycles. The van der Waals surface area contributed by atoms with E-state index in [1.807, 2.05) is 12.1 Å². The number of benzene rings is 1. The summed E-state index contributed by atoms with van der Waals surface area (Å²) in [5, 5.41) is 3.49. The first kappa shape index (κ1) is 19.4. The number of halogens is 1. The van der Waals surface area contributed by atoms with Gasteiger partial charge in [0.2, 0.25) is 0 Å². The molecule has 1 aromatic carbocycles. The molecule has 3 amide bonds. The van der Waals surface area contributed by atoms with E-state index >= 15 is 0 Å². The Morgan fingerprint density at radius 2 is 2.00 bits per heavy atom. The van der Waals surface area contributed by atoms with Gasteiger partial charge in [-0.25, -0.2) is 4.79 Å². The number of hydrogen-bond donors (Lipinski definition) is 1. The second-order valence-corrected chi connectivity index (χ2v) is 7.28. The lowest BCUT2D eigenvalue weighted by atomic mass is 9.91. The van der Waals surface area contributed by atoms with E-state index in [9.17, 15) is 9.59 Å². The minimum Gasteiger partial charge on any atom is -0.482 e. The lowest BCUT2D eigenvalue weighted by molar-refractivity contribution is -0.132. The monoisotopic (exact) mass is 367 g/mol. The number of hydrogen-bond acceptors (Lipinski definition) is 3. The van der Waals surface area contributed by atoms with Crippen molar-refractivity contribution in [2.75, 3.05) is 33.8 Å². The Hall–Kier alpha value is -1.95. The normalized spacial score (nSPS) is 19.8. The Kier molecular flexibility index (Phi) is 6.53. The number of ether oxygens (including phenoxy) is 1. The molecule has 25 heavy (non-hydrogen) atoms. The highest BCUT2D eigenvalue weighted by Crippen LogP contribution is 2.26. The number of amides is 3. The predicted octanol–water partition coefficient (Wildman–Crippen LogP) is 2.47. The fourth-order valence-corrected chi connectivity index (χ4v) is 3.13. The molecule has 6 nitrogen and oxygen atoms in total. The summed E-state index contributed by atoms with van der Waals surface area (Å²) in [6.07, 6.45) is 0. The highest BCUT2D eigenvalue weighted by Gasteiger charge is 2.38. The summed E-state index contributed by atoms with van der Waals surface area (Å²) >= 11 is 6.04. The summed E-state index contributed by atoms with van der Waals surface area (Å²) in [6, 6.07) is 6.87. The molecule has 1 N–H and O–H groups in total. The molecule has 1 aliphatic heterocycles. The number of nitrogens with one attached hydrogen (secondary N) is 1. The van der Waals surface area contributed by atoms with E-state index in [0.717, 1.165) is 0 Å². The van der Waals surface area contributed by atoms with Crippen molar-refractivity contribution in [2.24, 2.45) is 11.8 Å². The van der Waals surface area contributed by atoms with Crippen LogP contribution in [0.3, 0.4) is 0 Å². The van der Waals surface area contributed by atoms with Gasteiger partial charge in [0, 0.05) is 33.1 Å². The van der Waals surface area contributed by atoms with Crippen LogP contribution in [-0.4, -0.2) is 61.6 Å². The number of carbonyl (C=O) groups excluding carboxylic acids is 2. The molecule has 0 spiro atoms. The number of nitrogens with zero attached hydrogens (tertiary/aromatic N) is 2. The van der Waals surface area contributed by atoms with Crippen LogP contribution < -0.4 is 10.1 Å². The molecule has 0 aromatic heterocycles. The zero-order valence-electron chi connectivity index (χ0n) is 15.2. The molecule has 1 heterocycles. The van der Waals surface area contributed by atoms with E-state index in [2.05, 4.69) is 19.2 Å². The van der Waals surface area contributed by atoms with Crippen molar-refractivity contribution in [2.45, 2.75) is 19.9 Å². The van der Waals surface area contributed by atoms with E-state index < -0.39 is 0 Å². The third-order valence-electron chi connectivity index (χ3n) is 4.48. The lowest BCUT2D eigenvalue weighted by Crippen LogP contribution is -2.46. The van der Waals surface area contributed by atoms with Crippen LogP contribution >= 0.6 is 11.6 Å².